The lowest BCUT2D eigenvalue weighted by Crippen LogP contribution is -1.81. The summed E-state index contributed by atoms with van der Waals surface area (Å²) in [6.45, 7) is 2.23. The van der Waals surface area contributed by atoms with E-state index >= 15 is 0 Å². The van der Waals surface area contributed by atoms with Crippen molar-refractivity contribution >= 4 is 0 Å². The summed E-state index contributed by atoms with van der Waals surface area (Å²) in [5.41, 5.74) is 0. The third-order valence-corrected chi connectivity index (χ3v) is 3.36. The van der Waals surface area contributed by atoms with E-state index < -0.39 is 0 Å². The lowest BCUT2D eigenvalue weighted by atomic mass is 10.1. The first-order valence-electron chi connectivity index (χ1n) is 8.16. The molecule has 0 aliphatic rings. The molecule has 0 atom stereocenters. The molecular formula is C18H32O. The summed E-state index contributed by atoms with van der Waals surface area (Å²) >= 11 is 0. The molecule has 0 radical (unpaired) electrons. The van der Waals surface area contributed by atoms with Gasteiger partial charge in [-0.2, -0.15) is 0 Å². The molecule has 0 aromatic heterocycles. The standard InChI is InChI=1S/C18H32O/c1-2-3-4-5-6-7-8-9-10-11-12-13-14-15-16-17-18-19/h14-15,19H,2-13,18H2,1H3. The molecule has 1 N–H and O–H groups in total. The van der Waals surface area contributed by atoms with Crippen molar-refractivity contribution in [2.24, 2.45) is 0 Å². The number of allylic oxidation sites excluding steroid dienone is 2. The van der Waals surface area contributed by atoms with Gasteiger partial charge >= 0.3 is 0 Å². The van der Waals surface area contributed by atoms with Gasteiger partial charge in [0.15, 0.2) is 0 Å². The minimum atomic E-state index is -0.0389. The van der Waals surface area contributed by atoms with Crippen molar-refractivity contribution in [1.29, 1.82) is 0 Å². The third kappa shape index (κ3) is 17.3. The topological polar surface area (TPSA) is 20.2 Å². The Bertz CT molecular complexity index is 244. The Morgan fingerprint density at radius 3 is 1.84 bits per heavy atom. The van der Waals surface area contributed by atoms with Crippen molar-refractivity contribution in [2.45, 2.75) is 84.0 Å². The predicted octanol–water partition coefficient (Wildman–Crippen LogP) is 5.24. The van der Waals surface area contributed by atoms with Crippen molar-refractivity contribution in [3.63, 3.8) is 0 Å². The van der Waals surface area contributed by atoms with Crippen molar-refractivity contribution in [3.05, 3.63) is 12.2 Å². The van der Waals surface area contributed by atoms with Crippen LogP contribution in [0.15, 0.2) is 12.2 Å². The maximum atomic E-state index is 8.46. The van der Waals surface area contributed by atoms with Gasteiger partial charge in [0.25, 0.3) is 0 Å². The largest absolute Gasteiger partial charge is 0.384 e. The monoisotopic (exact) mass is 264 g/mol. The lowest BCUT2D eigenvalue weighted by molar-refractivity contribution is 0.350. The van der Waals surface area contributed by atoms with Crippen LogP contribution in [-0.4, -0.2) is 11.7 Å². The molecule has 0 aromatic carbocycles. The van der Waals surface area contributed by atoms with Crippen LogP contribution < -0.4 is 0 Å². The molecule has 110 valence electrons. The van der Waals surface area contributed by atoms with Gasteiger partial charge in [-0.05, 0) is 18.9 Å². The second-order valence-corrected chi connectivity index (χ2v) is 5.21. The van der Waals surface area contributed by atoms with Gasteiger partial charge in [0.2, 0.25) is 0 Å². The summed E-state index contributed by atoms with van der Waals surface area (Å²) in [5, 5.41) is 8.46. The van der Waals surface area contributed by atoms with E-state index in [9.17, 15) is 0 Å². The number of aliphatic hydroxyl groups excluding tert-OH is 1. The van der Waals surface area contributed by atoms with E-state index in [1.807, 2.05) is 6.08 Å². The normalized spacial score (nSPS) is 10.6. The Morgan fingerprint density at radius 1 is 0.789 bits per heavy atom. The fraction of sp³-hybridized carbons (Fsp3) is 0.778. The Morgan fingerprint density at radius 2 is 1.32 bits per heavy atom. The highest BCUT2D eigenvalue weighted by Crippen LogP contribution is 2.11. The van der Waals surface area contributed by atoms with Gasteiger partial charge in [0.1, 0.15) is 6.61 Å². The Labute approximate surface area is 120 Å². The highest BCUT2D eigenvalue weighted by atomic mass is 16.2. The first-order valence-corrected chi connectivity index (χ1v) is 8.16. The van der Waals surface area contributed by atoms with Crippen LogP contribution in [-0.2, 0) is 0 Å². The Kier molecular flexibility index (Phi) is 16.6. The Balaban J connectivity index is 3.04. The van der Waals surface area contributed by atoms with E-state index in [2.05, 4.69) is 24.8 Å². The average molecular weight is 264 g/mol. The minimum absolute atomic E-state index is 0.0389. The smallest absolute Gasteiger partial charge is 0.104 e. The third-order valence-electron chi connectivity index (χ3n) is 3.36. The molecule has 0 aromatic rings. The molecule has 0 saturated heterocycles. The first kappa shape index (κ1) is 18.3. The quantitative estimate of drug-likeness (QED) is 0.377. The zero-order valence-corrected chi connectivity index (χ0v) is 12.8. The van der Waals surface area contributed by atoms with Crippen LogP contribution in [0.1, 0.15) is 84.0 Å². The lowest BCUT2D eigenvalue weighted by Gasteiger charge is -2.01. The molecule has 1 nitrogen and oxygen atoms in total. The number of aliphatic hydroxyl groups is 1. The van der Waals surface area contributed by atoms with Crippen molar-refractivity contribution < 1.29 is 5.11 Å². The van der Waals surface area contributed by atoms with Gasteiger partial charge in [0.05, 0.1) is 0 Å². The van der Waals surface area contributed by atoms with E-state index in [0.29, 0.717) is 0 Å². The zero-order chi connectivity index (χ0) is 14.0. The summed E-state index contributed by atoms with van der Waals surface area (Å²) < 4.78 is 0. The molecule has 19 heavy (non-hydrogen) atoms. The molecule has 0 amide bonds. The van der Waals surface area contributed by atoms with Gasteiger partial charge < -0.3 is 5.11 Å². The maximum Gasteiger partial charge on any atom is 0.104 e. The molecule has 0 bridgehead atoms. The predicted molar refractivity (Wildman–Crippen MR) is 85.1 cm³/mol. The van der Waals surface area contributed by atoms with E-state index in [-0.39, 0.29) is 6.61 Å². The van der Waals surface area contributed by atoms with Crippen LogP contribution in [0.5, 0.6) is 0 Å². The van der Waals surface area contributed by atoms with Crippen LogP contribution in [0.3, 0.4) is 0 Å². The van der Waals surface area contributed by atoms with Crippen LogP contribution in [0.4, 0.5) is 0 Å². The number of rotatable bonds is 12. The van der Waals surface area contributed by atoms with Crippen molar-refractivity contribution in [3.8, 4) is 11.8 Å². The molecule has 0 aliphatic carbocycles. The maximum absolute atomic E-state index is 8.46. The average Bonchev–Trinajstić information content (AvgIpc) is 2.43. The van der Waals surface area contributed by atoms with Crippen LogP contribution >= 0.6 is 0 Å². The molecule has 0 saturated carbocycles. The molecule has 0 unspecified atom stereocenters. The van der Waals surface area contributed by atoms with E-state index in [0.717, 1.165) is 6.42 Å². The molecule has 0 fully saturated rings. The summed E-state index contributed by atoms with van der Waals surface area (Å²) in [5.74, 6) is 5.40. The van der Waals surface area contributed by atoms with Crippen molar-refractivity contribution in [1.82, 2.24) is 0 Å². The van der Waals surface area contributed by atoms with Crippen LogP contribution in [0.25, 0.3) is 0 Å². The summed E-state index contributed by atoms with van der Waals surface area (Å²) in [6.07, 6.45) is 20.4. The fourth-order valence-electron chi connectivity index (χ4n) is 2.17. The fourth-order valence-corrected chi connectivity index (χ4v) is 2.17. The summed E-state index contributed by atoms with van der Waals surface area (Å²) in [4.78, 5) is 0. The van der Waals surface area contributed by atoms with Gasteiger partial charge in [-0.25, -0.2) is 0 Å². The van der Waals surface area contributed by atoms with E-state index in [1.54, 1.807) is 0 Å². The number of unbranched alkanes of at least 4 members (excludes halogenated alkanes) is 11. The SMILES string of the molecule is CCCCCCCCCCCCCC=CC#CCO. The van der Waals surface area contributed by atoms with Crippen LogP contribution in [0, 0.1) is 11.8 Å². The summed E-state index contributed by atoms with van der Waals surface area (Å²) in [7, 11) is 0. The highest BCUT2D eigenvalue weighted by Gasteiger charge is 1.92. The number of hydrogen-bond donors (Lipinski definition) is 1. The van der Waals surface area contributed by atoms with E-state index in [4.69, 9.17) is 5.11 Å². The zero-order valence-electron chi connectivity index (χ0n) is 12.8. The van der Waals surface area contributed by atoms with Gasteiger partial charge in [0, 0.05) is 0 Å². The van der Waals surface area contributed by atoms with E-state index in [1.165, 1.54) is 70.6 Å². The molecule has 0 spiro atoms. The first-order chi connectivity index (χ1) is 9.41. The molecular weight excluding hydrogens is 232 g/mol. The van der Waals surface area contributed by atoms with Gasteiger partial charge in [-0.3, -0.25) is 0 Å². The molecule has 0 aliphatic heterocycles. The van der Waals surface area contributed by atoms with Gasteiger partial charge in [-0.1, -0.05) is 89.0 Å². The van der Waals surface area contributed by atoms with Crippen molar-refractivity contribution in [2.75, 3.05) is 6.61 Å². The summed E-state index contributed by atoms with van der Waals surface area (Å²) in [6, 6.07) is 0. The minimum Gasteiger partial charge on any atom is -0.384 e. The molecule has 1 heteroatoms. The Hall–Kier alpha value is -0.740. The highest BCUT2D eigenvalue weighted by molar-refractivity contribution is 5.14. The molecule has 0 heterocycles. The van der Waals surface area contributed by atoms with Gasteiger partial charge in [-0.15, -0.1) is 0 Å². The second kappa shape index (κ2) is 17.3. The van der Waals surface area contributed by atoms with Crippen LogP contribution in [0.2, 0.25) is 0 Å². The second-order valence-electron chi connectivity index (χ2n) is 5.21. The molecule has 0 rings (SSSR count). The number of hydrogen-bond acceptors (Lipinski definition) is 1.